The Morgan fingerprint density at radius 1 is 1.53 bits per heavy atom. The van der Waals surface area contributed by atoms with Crippen molar-refractivity contribution in [3.63, 3.8) is 0 Å². The standard InChI is InChI=1S/C10H15ClN2O2/c1-12-6-4-8(14)10(15)9-7(11)3-2-5-13-9/h2-3,5,8,10,12,14-15H,4,6H2,1H3. The smallest absolute Gasteiger partial charge is 0.123 e. The lowest BCUT2D eigenvalue weighted by Gasteiger charge is -2.17. The molecule has 84 valence electrons. The van der Waals surface area contributed by atoms with Crippen LogP contribution in [0.15, 0.2) is 18.3 Å². The van der Waals surface area contributed by atoms with Gasteiger partial charge in [-0.1, -0.05) is 11.6 Å². The average Bonchev–Trinajstić information content (AvgIpc) is 2.25. The number of aromatic nitrogens is 1. The molecule has 0 amide bonds. The first-order chi connectivity index (χ1) is 7.16. The fourth-order valence-corrected chi connectivity index (χ4v) is 1.48. The number of hydrogen-bond donors (Lipinski definition) is 3. The van der Waals surface area contributed by atoms with Crippen LogP contribution in [0.25, 0.3) is 0 Å². The van der Waals surface area contributed by atoms with Crippen molar-refractivity contribution in [2.45, 2.75) is 18.6 Å². The minimum atomic E-state index is -1.04. The van der Waals surface area contributed by atoms with Crippen molar-refractivity contribution in [3.8, 4) is 0 Å². The number of nitrogens with zero attached hydrogens (tertiary/aromatic N) is 1. The molecule has 1 heterocycles. The van der Waals surface area contributed by atoms with Gasteiger partial charge in [-0.15, -0.1) is 0 Å². The molecule has 3 N–H and O–H groups in total. The lowest BCUT2D eigenvalue weighted by Crippen LogP contribution is -2.24. The van der Waals surface area contributed by atoms with Crippen LogP contribution in [-0.2, 0) is 0 Å². The summed E-state index contributed by atoms with van der Waals surface area (Å²) in [6.07, 6.45) is 0.0941. The fourth-order valence-electron chi connectivity index (χ4n) is 1.25. The van der Waals surface area contributed by atoms with Crippen molar-refractivity contribution in [3.05, 3.63) is 29.0 Å². The highest BCUT2D eigenvalue weighted by atomic mass is 35.5. The third-order valence-electron chi connectivity index (χ3n) is 2.12. The first-order valence-electron chi connectivity index (χ1n) is 4.78. The molecule has 0 radical (unpaired) electrons. The van der Waals surface area contributed by atoms with Gasteiger partial charge in [-0.25, -0.2) is 0 Å². The summed E-state index contributed by atoms with van der Waals surface area (Å²) >= 11 is 5.85. The predicted molar refractivity (Wildman–Crippen MR) is 58.8 cm³/mol. The van der Waals surface area contributed by atoms with E-state index in [-0.39, 0.29) is 0 Å². The molecule has 1 aromatic rings. The molecular formula is C10H15ClN2O2. The number of halogens is 1. The van der Waals surface area contributed by atoms with Crippen LogP contribution in [0.3, 0.4) is 0 Å². The lowest BCUT2D eigenvalue weighted by molar-refractivity contribution is 0.0116. The van der Waals surface area contributed by atoms with E-state index in [0.717, 1.165) is 0 Å². The molecule has 2 atom stereocenters. The van der Waals surface area contributed by atoms with Crippen molar-refractivity contribution in [2.75, 3.05) is 13.6 Å². The van der Waals surface area contributed by atoms with Crippen molar-refractivity contribution >= 4 is 11.6 Å². The second-order valence-corrected chi connectivity index (χ2v) is 3.68. The summed E-state index contributed by atoms with van der Waals surface area (Å²) in [6.45, 7) is 0.628. The molecule has 2 unspecified atom stereocenters. The molecule has 0 bridgehead atoms. The fraction of sp³-hybridized carbons (Fsp3) is 0.500. The van der Waals surface area contributed by atoms with E-state index in [1.54, 1.807) is 19.2 Å². The normalized spacial score (nSPS) is 14.9. The molecule has 1 aromatic heterocycles. The van der Waals surface area contributed by atoms with E-state index in [0.29, 0.717) is 23.7 Å². The Hall–Kier alpha value is -0.680. The zero-order valence-corrected chi connectivity index (χ0v) is 9.28. The van der Waals surface area contributed by atoms with E-state index in [4.69, 9.17) is 11.6 Å². The van der Waals surface area contributed by atoms with Gasteiger partial charge >= 0.3 is 0 Å². The second-order valence-electron chi connectivity index (χ2n) is 3.27. The summed E-state index contributed by atoms with van der Waals surface area (Å²) in [4.78, 5) is 3.94. The van der Waals surface area contributed by atoms with Crippen LogP contribution in [0.4, 0.5) is 0 Å². The lowest BCUT2D eigenvalue weighted by atomic mass is 10.1. The van der Waals surface area contributed by atoms with E-state index >= 15 is 0 Å². The van der Waals surface area contributed by atoms with Gasteiger partial charge < -0.3 is 15.5 Å². The van der Waals surface area contributed by atoms with Crippen molar-refractivity contribution in [1.82, 2.24) is 10.3 Å². The van der Waals surface area contributed by atoms with E-state index in [9.17, 15) is 10.2 Å². The number of rotatable bonds is 5. The summed E-state index contributed by atoms with van der Waals surface area (Å²) in [5, 5.41) is 22.7. The maximum absolute atomic E-state index is 9.77. The molecular weight excluding hydrogens is 216 g/mol. The molecule has 0 spiro atoms. The minimum absolute atomic E-state index is 0.322. The zero-order valence-electron chi connectivity index (χ0n) is 8.52. The highest BCUT2D eigenvalue weighted by Gasteiger charge is 2.21. The topological polar surface area (TPSA) is 65.4 Å². The minimum Gasteiger partial charge on any atom is -0.390 e. The molecule has 5 heteroatoms. The predicted octanol–water partition coefficient (Wildman–Crippen LogP) is 0.739. The summed E-state index contributed by atoms with van der Waals surface area (Å²) < 4.78 is 0. The zero-order chi connectivity index (χ0) is 11.3. The van der Waals surface area contributed by atoms with Crippen LogP contribution < -0.4 is 5.32 Å². The van der Waals surface area contributed by atoms with Crippen molar-refractivity contribution < 1.29 is 10.2 Å². The molecule has 4 nitrogen and oxygen atoms in total. The van der Waals surface area contributed by atoms with Crippen LogP contribution in [-0.4, -0.2) is 34.9 Å². The van der Waals surface area contributed by atoms with E-state index in [2.05, 4.69) is 10.3 Å². The number of nitrogens with one attached hydrogen (secondary N) is 1. The van der Waals surface area contributed by atoms with E-state index in [1.807, 2.05) is 0 Å². The monoisotopic (exact) mass is 230 g/mol. The molecule has 0 saturated heterocycles. The molecule has 0 aliphatic heterocycles. The van der Waals surface area contributed by atoms with Crippen molar-refractivity contribution in [2.24, 2.45) is 0 Å². The van der Waals surface area contributed by atoms with E-state index in [1.165, 1.54) is 6.20 Å². The molecule has 0 saturated carbocycles. The Kier molecular flexibility index (Phi) is 4.98. The molecule has 1 rings (SSSR count). The highest BCUT2D eigenvalue weighted by molar-refractivity contribution is 6.31. The summed E-state index contributed by atoms with van der Waals surface area (Å²) in [7, 11) is 1.78. The van der Waals surface area contributed by atoms with Crippen LogP contribution >= 0.6 is 11.6 Å². The molecule has 0 fully saturated rings. The Balaban J connectivity index is 2.67. The van der Waals surface area contributed by atoms with Crippen LogP contribution in [0.1, 0.15) is 18.2 Å². The Morgan fingerprint density at radius 3 is 2.87 bits per heavy atom. The maximum Gasteiger partial charge on any atom is 0.123 e. The number of pyridine rings is 1. The largest absolute Gasteiger partial charge is 0.390 e. The molecule has 0 aliphatic rings. The summed E-state index contributed by atoms with van der Waals surface area (Å²) in [5.41, 5.74) is 0.322. The number of aliphatic hydroxyl groups excluding tert-OH is 2. The Bertz CT molecular complexity index is 309. The summed E-state index contributed by atoms with van der Waals surface area (Å²) in [5.74, 6) is 0. The quantitative estimate of drug-likeness (QED) is 0.698. The van der Waals surface area contributed by atoms with Gasteiger partial charge in [0.25, 0.3) is 0 Å². The van der Waals surface area contributed by atoms with Gasteiger partial charge in [-0.2, -0.15) is 0 Å². The number of aliphatic hydroxyl groups is 2. The van der Waals surface area contributed by atoms with Crippen LogP contribution in [0, 0.1) is 0 Å². The van der Waals surface area contributed by atoms with Gasteiger partial charge in [-0.05, 0) is 32.1 Å². The van der Waals surface area contributed by atoms with Gasteiger partial charge in [0.05, 0.1) is 16.8 Å². The van der Waals surface area contributed by atoms with Gasteiger partial charge in [0.15, 0.2) is 0 Å². The van der Waals surface area contributed by atoms with Crippen molar-refractivity contribution in [1.29, 1.82) is 0 Å². The van der Waals surface area contributed by atoms with Crippen LogP contribution in [0.5, 0.6) is 0 Å². The van der Waals surface area contributed by atoms with Gasteiger partial charge in [0.1, 0.15) is 6.10 Å². The number of hydrogen-bond acceptors (Lipinski definition) is 4. The molecule has 15 heavy (non-hydrogen) atoms. The molecule has 0 aliphatic carbocycles. The molecule has 0 aromatic carbocycles. The third-order valence-corrected chi connectivity index (χ3v) is 2.44. The third kappa shape index (κ3) is 3.43. The van der Waals surface area contributed by atoms with Gasteiger partial charge in [-0.3, -0.25) is 4.98 Å². The SMILES string of the molecule is CNCCC(O)C(O)c1ncccc1Cl. The van der Waals surface area contributed by atoms with Gasteiger partial charge in [0, 0.05) is 6.20 Å². The first kappa shape index (κ1) is 12.4. The Morgan fingerprint density at radius 2 is 2.27 bits per heavy atom. The van der Waals surface area contributed by atoms with E-state index < -0.39 is 12.2 Å². The first-order valence-corrected chi connectivity index (χ1v) is 5.15. The highest BCUT2D eigenvalue weighted by Crippen LogP contribution is 2.23. The Labute approximate surface area is 93.9 Å². The van der Waals surface area contributed by atoms with Gasteiger partial charge in [0.2, 0.25) is 0 Å². The van der Waals surface area contributed by atoms with Crippen LogP contribution in [0.2, 0.25) is 5.02 Å². The maximum atomic E-state index is 9.77. The average molecular weight is 231 g/mol. The summed E-state index contributed by atoms with van der Waals surface area (Å²) in [6, 6.07) is 3.32. The second kappa shape index (κ2) is 6.02.